The molecule has 1 fully saturated rings. The van der Waals surface area contributed by atoms with Gasteiger partial charge in [0.1, 0.15) is 0 Å². The smallest absolute Gasteiger partial charge is 0.00790 e. The van der Waals surface area contributed by atoms with Crippen LogP contribution in [0, 0.1) is 0 Å². The first-order valence-corrected chi connectivity index (χ1v) is 6.75. The van der Waals surface area contributed by atoms with Gasteiger partial charge < -0.3 is 10.2 Å². The van der Waals surface area contributed by atoms with Gasteiger partial charge in [-0.25, -0.2) is 0 Å². The molecule has 0 aromatic rings. The molecule has 1 aliphatic carbocycles. The molecule has 0 aromatic heterocycles. The highest BCUT2D eigenvalue weighted by molar-refractivity contribution is 4.81. The fourth-order valence-electron chi connectivity index (χ4n) is 2.09. The van der Waals surface area contributed by atoms with E-state index < -0.39 is 0 Å². The van der Waals surface area contributed by atoms with Gasteiger partial charge in [0.15, 0.2) is 0 Å². The number of hydrogen-bond donors (Lipinski definition) is 1. The Balaban J connectivity index is 2.11. The van der Waals surface area contributed by atoms with Crippen LogP contribution in [0.25, 0.3) is 0 Å². The average molecular weight is 212 g/mol. The zero-order chi connectivity index (χ0) is 11.1. The Bertz CT molecular complexity index is 149. The molecule has 0 aromatic carbocycles. The van der Waals surface area contributed by atoms with Crippen molar-refractivity contribution in [3.63, 3.8) is 0 Å². The third-order valence-electron chi connectivity index (χ3n) is 3.22. The first kappa shape index (κ1) is 13.0. The fraction of sp³-hybridized carbons (Fsp3) is 1.00. The first-order valence-electron chi connectivity index (χ1n) is 6.75. The lowest BCUT2D eigenvalue weighted by Gasteiger charge is -2.28. The van der Waals surface area contributed by atoms with Crippen LogP contribution in [0.3, 0.4) is 0 Å². The van der Waals surface area contributed by atoms with Crippen LogP contribution in [0.15, 0.2) is 0 Å². The summed E-state index contributed by atoms with van der Waals surface area (Å²) in [5.41, 5.74) is 0. The van der Waals surface area contributed by atoms with Crippen molar-refractivity contribution in [3.8, 4) is 0 Å². The van der Waals surface area contributed by atoms with Crippen molar-refractivity contribution < 1.29 is 0 Å². The quantitative estimate of drug-likeness (QED) is 0.632. The Hall–Kier alpha value is -0.0800. The minimum Gasteiger partial charge on any atom is -0.314 e. The molecule has 0 bridgehead atoms. The highest BCUT2D eigenvalue weighted by Crippen LogP contribution is 2.18. The molecule has 1 atom stereocenters. The molecule has 0 spiro atoms. The van der Waals surface area contributed by atoms with Crippen molar-refractivity contribution >= 4 is 0 Å². The zero-order valence-corrected chi connectivity index (χ0v) is 10.8. The molecule has 2 heteroatoms. The molecule has 1 saturated carbocycles. The standard InChI is InChI=1S/C13H28N2/c1-4-10-15(11-5-2)12(3)8-9-14-13-6-7-13/h12-14H,4-11H2,1-3H3. The summed E-state index contributed by atoms with van der Waals surface area (Å²) in [6.07, 6.45) is 6.67. The van der Waals surface area contributed by atoms with Crippen LogP contribution >= 0.6 is 0 Å². The third-order valence-corrected chi connectivity index (χ3v) is 3.22. The summed E-state index contributed by atoms with van der Waals surface area (Å²) < 4.78 is 0. The minimum absolute atomic E-state index is 0.746. The lowest BCUT2D eigenvalue weighted by molar-refractivity contribution is 0.199. The topological polar surface area (TPSA) is 15.3 Å². The Morgan fingerprint density at radius 3 is 2.27 bits per heavy atom. The Morgan fingerprint density at radius 2 is 1.80 bits per heavy atom. The molecule has 0 radical (unpaired) electrons. The van der Waals surface area contributed by atoms with E-state index in [4.69, 9.17) is 0 Å². The maximum Gasteiger partial charge on any atom is 0.00790 e. The summed E-state index contributed by atoms with van der Waals surface area (Å²) in [5.74, 6) is 0. The van der Waals surface area contributed by atoms with Gasteiger partial charge in [0.2, 0.25) is 0 Å². The van der Waals surface area contributed by atoms with Gasteiger partial charge in [0.05, 0.1) is 0 Å². The van der Waals surface area contributed by atoms with Crippen molar-refractivity contribution in [2.45, 2.75) is 65.0 Å². The monoisotopic (exact) mass is 212 g/mol. The lowest BCUT2D eigenvalue weighted by Crippen LogP contribution is -2.36. The Labute approximate surface area is 95.4 Å². The SMILES string of the molecule is CCCN(CCC)C(C)CCNC1CC1. The molecular formula is C13H28N2. The van der Waals surface area contributed by atoms with E-state index in [9.17, 15) is 0 Å². The van der Waals surface area contributed by atoms with Crippen LogP contribution in [0.5, 0.6) is 0 Å². The number of nitrogens with zero attached hydrogens (tertiary/aromatic N) is 1. The summed E-state index contributed by atoms with van der Waals surface area (Å²) in [5, 5.41) is 3.60. The van der Waals surface area contributed by atoms with Crippen molar-refractivity contribution in [2.24, 2.45) is 0 Å². The fourth-order valence-corrected chi connectivity index (χ4v) is 2.09. The first-order chi connectivity index (χ1) is 7.27. The Morgan fingerprint density at radius 1 is 1.20 bits per heavy atom. The summed E-state index contributed by atoms with van der Waals surface area (Å²) in [4.78, 5) is 2.63. The maximum atomic E-state index is 3.60. The van der Waals surface area contributed by atoms with E-state index in [2.05, 4.69) is 31.0 Å². The maximum absolute atomic E-state index is 3.60. The van der Waals surface area contributed by atoms with Gasteiger partial charge in [-0.15, -0.1) is 0 Å². The van der Waals surface area contributed by atoms with Gasteiger partial charge in [-0.2, -0.15) is 0 Å². The average Bonchev–Trinajstić information content (AvgIpc) is 3.01. The van der Waals surface area contributed by atoms with Gasteiger partial charge in [-0.1, -0.05) is 13.8 Å². The van der Waals surface area contributed by atoms with Crippen LogP contribution in [0.4, 0.5) is 0 Å². The van der Waals surface area contributed by atoms with E-state index in [1.807, 2.05) is 0 Å². The van der Waals surface area contributed by atoms with Gasteiger partial charge >= 0.3 is 0 Å². The molecule has 1 rings (SSSR count). The minimum atomic E-state index is 0.746. The van der Waals surface area contributed by atoms with Crippen LogP contribution in [0.2, 0.25) is 0 Å². The molecule has 0 saturated heterocycles. The second-order valence-corrected chi connectivity index (χ2v) is 4.90. The van der Waals surface area contributed by atoms with Gasteiger partial charge in [0.25, 0.3) is 0 Å². The van der Waals surface area contributed by atoms with Crippen molar-refractivity contribution in [2.75, 3.05) is 19.6 Å². The van der Waals surface area contributed by atoms with Crippen LogP contribution in [0.1, 0.15) is 52.9 Å². The molecule has 15 heavy (non-hydrogen) atoms. The summed E-state index contributed by atoms with van der Waals surface area (Å²) in [6.45, 7) is 10.7. The lowest BCUT2D eigenvalue weighted by atomic mass is 10.2. The second-order valence-electron chi connectivity index (χ2n) is 4.90. The van der Waals surface area contributed by atoms with E-state index >= 15 is 0 Å². The van der Waals surface area contributed by atoms with E-state index in [1.54, 1.807) is 0 Å². The molecule has 0 aliphatic heterocycles. The molecule has 90 valence electrons. The van der Waals surface area contributed by atoms with Crippen molar-refractivity contribution in [1.29, 1.82) is 0 Å². The highest BCUT2D eigenvalue weighted by Gasteiger charge is 2.20. The number of rotatable bonds is 9. The molecular weight excluding hydrogens is 184 g/mol. The largest absolute Gasteiger partial charge is 0.314 e. The summed E-state index contributed by atoms with van der Waals surface area (Å²) >= 11 is 0. The van der Waals surface area contributed by atoms with Crippen molar-refractivity contribution in [3.05, 3.63) is 0 Å². The number of nitrogens with one attached hydrogen (secondary N) is 1. The molecule has 1 aliphatic rings. The Kier molecular flexibility index (Phi) is 6.26. The van der Waals surface area contributed by atoms with E-state index in [1.165, 1.54) is 51.7 Å². The van der Waals surface area contributed by atoms with Crippen LogP contribution in [-0.4, -0.2) is 36.6 Å². The molecule has 0 heterocycles. The molecule has 2 nitrogen and oxygen atoms in total. The van der Waals surface area contributed by atoms with Crippen LogP contribution < -0.4 is 5.32 Å². The van der Waals surface area contributed by atoms with E-state index in [0.717, 1.165) is 12.1 Å². The zero-order valence-electron chi connectivity index (χ0n) is 10.8. The second kappa shape index (κ2) is 7.24. The normalized spacial score (nSPS) is 18.4. The van der Waals surface area contributed by atoms with Gasteiger partial charge in [0, 0.05) is 12.1 Å². The van der Waals surface area contributed by atoms with E-state index in [0.29, 0.717) is 0 Å². The predicted octanol–water partition coefficient (Wildman–Crippen LogP) is 2.64. The van der Waals surface area contributed by atoms with Gasteiger partial charge in [-0.05, 0) is 58.7 Å². The predicted molar refractivity (Wildman–Crippen MR) is 67.3 cm³/mol. The van der Waals surface area contributed by atoms with E-state index in [-0.39, 0.29) is 0 Å². The third kappa shape index (κ3) is 5.53. The van der Waals surface area contributed by atoms with Crippen molar-refractivity contribution in [1.82, 2.24) is 10.2 Å². The summed E-state index contributed by atoms with van der Waals surface area (Å²) in [6, 6.07) is 1.61. The molecule has 1 N–H and O–H groups in total. The highest BCUT2D eigenvalue weighted by atomic mass is 15.1. The molecule has 1 unspecified atom stereocenters. The van der Waals surface area contributed by atoms with Crippen LogP contribution in [-0.2, 0) is 0 Å². The number of hydrogen-bond acceptors (Lipinski definition) is 2. The molecule has 0 amide bonds. The van der Waals surface area contributed by atoms with Gasteiger partial charge in [-0.3, -0.25) is 0 Å². The summed E-state index contributed by atoms with van der Waals surface area (Å²) in [7, 11) is 0.